The van der Waals surface area contributed by atoms with Crippen LogP contribution in [0.4, 0.5) is 4.39 Å². The zero-order valence-corrected chi connectivity index (χ0v) is 8.20. The van der Waals surface area contributed by atoms with Crippen LogP contribution in [0.3, 0.4) is 0 Å². The summed E-state index contributed by atoms with van der Waals surface area (Å²) in [5.74, 6) is -0.270. The van der Waals surface area contributed by atoms with Gasteiger partial charge in [-0.05, 0) is 17.7 Å². The molecule has 2 aromatic rings. The maximum atomic E-state index is 13.5. The molecule has 0 amide bonds. The first-order valence-corrected chi connectivity index (χ1v) is 4.85. The van der Waals surface area contributed by atoms with Crippen molar-refractivity contribution in [2.75, 3.05) is 6.54 Å². The summed E-state index contributed by atoms with van der Waals surface area (Å²) in [7, 11) is 0. The van der Waals surface area contributed by atoms with Crippen LogP contribution in [0.15, 0.2) is 24.4 Å². The van der Waals surface area contributed by atoms with E-state index in [2.05, 4.69) is 4.98 Å². The van der Waals surface area contributed by atoms with Gasteiger partial charge in [0.05, 0.1) is 6.10 Å². The van der Waals surface area contributed by atoms with Crippen LogP contribution in [-0.4, -0.2) is 22.7 Å². The molecule has 0 aliphatic heterocycles. The van der Waals surface area contributed by atoms with E-state index < -0.39 is 6.10 Å². The molecule has 15 heavy (non-hydrogen) atoms. The summed E-state index contributed by atoms with van der Waals surface area (Å²) >= 11 is 0. The topological polar surface area (TPSA) is 62.0 Å². The minimum Gasteiger partial charge on any atom is -0.391 e. The zero-order chi connectivity index (χ0) is 10.8. The quantitative estimate of drug-likeness (QED) is 0.709. The fraction of sp³-hybridized carbons (Fsp3) is 0.273. The van der Waals surface area contributed by atoms with E-state index in [0.717, 1.165) is 11.1 Å². The number of nitrogens with two attached hydrogens (primary N) is 1. The molecular formula is C11H13FN2O. The first kappa shape index (κ1) is 10.1. The van der Waals surface area contributed by atoms with Crippen LogP contribution in [0.25, 0.3) is 10.9 Å². The molecule has 0 saturated heterocycles. The second-order valence-corrected chi connectivity index (χ2v) is 3.57. The number of halogens is 1. The number of aromatic amines is 1. The Labute approximate surface area is 86.7 Å². The summed E-state index contributed by atoms with van der Waals surface area (Å²) in [5.41, 5.74) is 6.83. The van der Waals surface area contributed by atoms with Crippen LogP contribution >= 0.6 is 0 Å². The molecule has 3 nitrogen and oxygen atoms in total. The van der Waals surface area contributed by atoms with E-state index in [0.29, 0.717) is 11.8 Å². The van der Waals surface area contributed by atoms with Gasteiger partial charge < -0.3 is 15.8 Å². The van der Waals surface area contributed by atoms with Crippen molar-refractivity contribution in [2.45, 2.75) is 12.5 Å². The Hall–Kier alpha value is -1.39. The van der Waals surface area contributed by atoms with Gasteiger partial charge in [0, 0.05) is 30.1 Å². The fourth-order valence-corrected chi connectivity index (χ4v) is 1.71. The molecule has 1 unspecified atom stereocenters. The maximum absolute atomic E-state index is 13.5. The minimum absolute atomic E-state index is 0.182. The maximum Gasteiger partial charge on any atom is 0.132 e. The second kappa shape index (κ2) is 4.00. The molecule has 4 N–H and O–H groups in total. The third-order valence-electron chi connectivity index (χ3n) is 2.46. The highest BCUT2D eigenvalue weighted by molar-refractivity contribution is 5.83. The van der Waals surface area contributed by atoms with Gasteiger partial charge in [-0.2, -0.15) is 0 Å². The molecule has 1 aromatic carbocycles. The van der Waals surface area contributed by atoms with E-state index in [9.17, 15) is 9.50 Å². The van der Waals surface area contributed by atoms with E-state index >= 15 is 0 Å². The first-order valence-electron chi connectivity index (χ1n) is 4.85. The Morgan fingerprint density at radius 1 is 1.47 bits per heavy atom. The van der Waals surface area contributed by atoms with Gasteiger partial charge in [-0.25, -0.2) is 4.39 Å². The molecule has 2 rings (SSSR count). The van der Waals surface area contributed by atoms with Crippen LogP contribution < -0.4 is 5.73 Å². The highest BCUT2D eigenvalue weighted by atomic mass is 19.1. The Morgan fingerprint density at radius 3 is 3.00 bits per heavy atom. The SMILES string of the molecule is NCC(O)Cc1c[nH]c2cccc(F)c12. The van der Waals surface area contributed by atoms with Crippen molar-refractivity contribution in [3.8, 4) is 0 Å². The van der Waals surface area contributed by atoms with Crippen LogP contribution in [0.2, 0.25) is 0 Å². The summed E-state index contributed by atoms with van der Waals surface area (Å²) in [5, 5.41) is 9.97. The number of hydrogen-bond donors (Lipinski definition) is 3. The second-order valence-electron chi connectivity index (χ2n) is 3.57. The summed E-state index contributed by atoms with van der Waals surface area (Å²) < 4.78 is 13.5. The number of aliphatic hydroxyl groups excluding tert-OH is 1. The van der Waals surface area contributed by atoms with Crippen LogP contribution in [0, 0.1) is 5.82 Å². The van der Waals surface area contributed by atoms with E-state index in [-0.39, 0.29) is 12.4 Å². The van der Waals surface area contributed by atoms with Crippen molar-refractivity contribution < 1.29 is 9.50 Å². The lowest BCUT2D eigenvalue weighted by Crippen LogP contribution is -2.21. The number of benzene rings is 1. The van der Waals surface area contributed by atoms with E-state index in [1.807, 2.05) is 0 Å². The highest BCUT2D eigenvalue weighted by Crippen LogP contribution is 2.22. The number of aromatic nitrogens is 1. The van der Waals surface area contributed by atoms with Gasteiger partial charge in [0.15, 0.2) is 0 Å². The predicted molar refractivity (Wildman–Crippen MR) is 57.0 cm³/mol. The molecule has 0 radical (unpaired) electrons. The van der Waals surface area contributed by atoms with Crippen LogP contribution in [0.5, 0.6) is 0 Å². The van der Waals surface area contributed by atoms with Crippen molar-refractivity contribution in [3.63, 3.8) is 0 Å². The third-order valence-corrected chi connectivity index (χ3v) is 2.46. The van der Waals surface area contributed by atoms with Crippen molar-refractivity contribution in [2.24, 2.45) is 5.73 Å². The summed E-state index contributed by atoms with van der Waals surface area (Å²) in [6.45, 7) is 0.182. The van der Waals surface area contributed by atoms with Crippen molar-refractivity contribution >= 4 is 10.9 Å². The lowest BCUT2D eigenvalue weighted by Gasteiger charge is -2.06. The molecule has 1 heterocycles. The molecule has 4 heteroatoms. The van der Waals surface area contributed by atoms with Crippen LogP contribution in [-0.2, 0) is 6.42 Å². The molecule has 0 aliphatic rings. The molecule has 0 aliphatic carbocycles. The Bertz CT molecular complexity index is 467. The van der Waals surface area contributed by atoms with E-state index in [4.69, 9.17) is 5.73 Å². The molecule has 0 fully saturated rings. The van der Waals surface area contributed by atoms with Gasteiger partial charge in [-0.1, -0.05) is 6.07 Å². The third kappa shape index (κ3) is 1.86. The average Bonchev–Trinajstić information content (AvgIpc) is 2.63. The minimum atomic E-state index is -0.622. The first-order chi connectivity index (χ1) is 7.22. The van der Waals surface area contributed by atoms with Gasteiger partial charge >= 0.3 is 0 Å². The van der Waals surface area contributed by atoms with Crippen molar-refractivity contribution in [3.05, 3.63) is 35.8 Å². The molecule has 1 aromatic heterocycles. The highest BCUT2D eigenvalue weighted by Gasteiger charge is 2.11. The van der Waals surface area contributed by atoms with Gasteiger partial charge in [-0.15, -0.1) is 0 Å². The summed E-state index contributed by atoms with van der Waals surface area (Å²) in [6.07, 6.45) is 1.47. The summed E-state index contributed by atoms with van der Waals surface area (Å²) in [6, 6.07) is 4.86. The lowest BCUT2D eigenvalue weighted by molar-refractivity contribution is 0.183. The van der Waals surface area contributed by atoms with Gasteiger partial charge in [0.2, 0.25) is 0 Å². The molecular weight excluding hydrogens is 195 g/mol. The normalized spacial score (nSPS) is 13.3. The fourth-order valence-electron chi connectivity index (χ4n) is 1.71. The Balaban J connectivity index is 2.43. The van der Waals surface area contributed by atoms with Gasteiger partial charge in [0.25, 0.3) is 0 Å². The summed E-state index contributed by atoms with van der Waals surface area (Å²) in [4.78, 5) is 2.97. The molecule has 80 valence electrons. The molecule has 0 spiro atoms. The smallest absolute Gasteiger partial charge is 0.132 e. The Morgan fingerprint density at radius 2 is 2.27 bits per heavy atom. The van der Waals surface area contributed by atoms with Gasteiger partial charge in [0.1, 0.15) is 5.82 Å². The number of nitrogens with one attached hydrogen (secondary N) is 1. The average molecular weight is 208 g/mol. The number of aliphatic hydroxyl groups is 1. The molecule has 0 bridgehead atoms. The van der Waals surface area contributed by atoms with Crippen molar-refractivity contribution in [1.29, 1.82) is 0 Å². The zero-order valence-electron chi connectivity index (χ0n) is 8.20. The number of rotatable bonds is 3. The molecule has 1 atom stereocenters. The number of hydrogen-bond acceptors (Lipinski definition) is 2. The number of fused-ring (bicyclic) bond motifs is 1. The van der Waals surface area contributed by atoms with E-state index in [1.165, 1.54) is 6.07 Å². The Kier molecular flexibility index (Phi) is 2.70. The molecule has 0 saturated carbocycles. The standard InChI is InChI=1S/C11H13FN2O/c12-9-2-1-3-10-11(9)7(6-14-10)4-8(15)5-13/h1-3,6,8,14-15H,4-5,13H2. The number of H-pyrrole nitrogens is 1. The lowest BCUT2D eigenvalue weighted by atomic mass is 10.1. The predicted octanol–water partition coefficient (Wildman–Crippen LogP) is 1.17. The monoisotopic (exact) mass is 208 g/mol. The van der Waals surface area contributed by atoms with Crippen molar-refractivity contribution in [1.82, 2.24) is 4.98 Å². The largest absolute Gasteiger partial charge is 0.391 e. The van der Waals surface area contributed by atoms with E-state index in [1.54, 1.807) is 18.3 Å². The van der Waals surface area contributed by atoms with Crippen LogP contribution in [0.1, 0.15) is 5.56 Å². The van der Waals surface area contributed by atoms with Gasteiger partial charge in [-0.3, -0.25) is 0 Å².